The summed E-state index contributed by atoms with van der Waals surface area (Å²) in [5.41, 5.74) is 7.83. The molecule has 4 rings (SSSR count). The van der Waals surface area contributed by atoms with Gasteiger partial charge in [-0.25, -0.2) is 0 Å². The molecule has 2 aromatic carbocycles. The van der Waals surface area contributed by atoms with Crippen molar-refractivity contribution in [2.45, 2.75) is 25.9 Å². The number of rotatable bonds is 7. The number of pyridine rings is 1. The third-order valence-corrected chi connectivity index (χ3v) is 6.03. The van der Waals surface area contributed by atoms with E-state index >= 15 is 0 Å². The first-order valence-corrected chi connectivity index (χ1v) is 11.2. The molecular weight excluding hydrogens is 416 g/mol. The van der Waals surface area contributed by atoms with Crippen LogP contribution in [0.2, 0.25) is 0 Å². The lowest BCUT2D eigenvalue weighted by atomic mass is 9.97. The first-order valence-electron chi connectivity index (χ1n) is 11.2. The summed E-state index contributed by atoms with van der Waals surface area (Å²) in [5, 5.41) is 2.91. The van der Waals surface area contributed by atoms with Crippen molar-refractivity contribution in [2.75, 3.05) is 18.4 Å². The lowest BCUT2D eigenvalue weighted by Crippen LogP contribution is -2.40. The number of primary amides is 1. The van der Waals surface area contributed by atoms with Crippen LogP contribution >= 0.6 is 0 Å². The van der Waals surface area contributed by atoms with Gasteiger partial charge in [0, 0.05) is 25.0 Å². The second-order valence-corrected chi connectivity index (χ2v) is 8.43. The number of para-hydroxylation sites is 1. The smallest absolute Gasteiger partial charge is 0.263 e. The number of aromatic nitrogens is 1. The SMILES string of the molecule is NC(=O)C1CCCN(Cc2ccccc2NC(=O)c2cccn(Cc3ccccc3)c2=O)C1. The van der Waals surface area contributed by atoms with E-state index in [1.165, 1.54) is 4.57 Å². The minimum absolute atomic E-state index is 0.0926. The number of nitrogens with two attached hydrogens (primary N) is 1. The number of hydrogen-bond donors (Lipinski definition) is 2. The Kier molecular flexibility index (Phi) is 7.00. The number of carbonyl (C=O) groups is 2. The summed E-state index contributed by atoms with van der Waals surface area (Å²) in [6.45, 7) is 2.47. The summed E-state index contributed by atoms with van der Waals surface area (Å²) in [5.74, 6) is -0.853. The molecule has 170 valence electrons. The number of likely N-dealkylation sites (tertiary alicyclic amines) is 1. The van der Waals surface area contributed by atoms with Gasteiger partial charge in [-0.05, 0) is 48.7 Å². The van der Waals surface area contributed by atoms with E-state index in [0.717, 1.165) is 30.5 Å². The summed E-state index contributed by atoms with van der Waals surface area (Å²) >= 11 is 0. The number of piperidine rings is 1. The molecule has 1 unspecified atom stereocenters. The van der Waals surface area contributed by atoms with Gasteiger partial charge in [-0.3, -0.25) is 19.3 Å². The number of benzene rings is 2. The van der Waals surface area contributed by atoms with Crippen LogP contribution in [0.1, 0.15) is 34.3 Å². The van der Waals surface area contributed by atoms with Crippen molar-refractivity contribution in [1.29, 1.82) is 0 Å². The van der Waals surface area contributed by atoms with Crippen molar-refractivity contribution in [3.05, 3.63) is 100.0 Å². The zero-order valence-corrected chi connectivity index (χ0v) is 18.4. The largest absolute Gasteiger partial charge is 0.369 e. The van der Waals surface area contributed by atoms with Crippen LogP contribution in [-0.4, -0.2) is 34.4 Å². The van der Waals surface area contributed by atoms with Crippen LogP contribution in [0, 0.1) is 5.92 Å². The Bertz CT molecular complexity index is 1190. The molecule has 1 aromatic heterocycles. The highest BCUT2D eigenvalue weighted by molar-refractivity contribution is 6.04. The highest BCUT2D eigenvalue weighted by Crippen LogP contribution is 2.22. The van der Waals surface area contributed by atoms with Crippen molar-refractivity contribution in [3.63, 3.8) is 0 Å². The van der Waals surface area contributed by atoms with Crippen LogP contribution < -0.4 is 16.6 Å². The Morgan fingerprint density at radius 2 is 1.73 bits per heavy atom. The molecule has 0 aliphatic carbocycles. The first kappa shape index (κ1) is 22.5. The summed E-state index contributed by atoms with van der Waals surface area (Å²) < 4.78 is 1.54. The van der Waals surface area contributed by atoms with Gasteiger partial charge >= 0.3 is 0 Å². The lowest BCUT2D eigenvalue weighted by molar-refractivity contribution is -0.123. The Balaban J connectivity index is 1.50. The molecule has 1 fully saturated rings. The van der Waals surface area contributed by atoms with Crippen molar-refractivity contribution in [1.82, 2.24) is 9.47 Å². The van der Waals surface area contributed by atoms with Gasteiger partial charge in [-0.1, -0.05) is 48.5 Å². The van der Waals surface area contributed by atoms with E-state index in [4.69, 9.17) is 5.73 Å². The van der Waals surface area contributed by atoms with Crippen molar-refractivity contribution in [2.24, 2.45) is 11.7 Å². The Labute approximate surface area is 192 Å². The standard InChI is InChI=1S/C26H28N4O3/c27-24(31)21-11-6-14-29(18-21)17-20-10-4-5-13-23(20)28-25(32)22-12-7-15-30(26(22)33)16-19-8-2-1-3-9-19/h1-5,7-10,12-13,15,21H,6,11,14,16-18H2,(H2,27,31)(H,28,32). The van der Waals surface area contributed by atoms with E-state index in [0.29, 0.717) is 25.3 Å². The van der Waals surface area contributed by atoms with Gasteiger partial charge in [0.25, 0.3) is 11.5 Å². The molecule has 33 heavy (non-hydrogen) atoms. The Morgan fingerprint density at radius 1 is 0.970 bits per heavy atom. The molecule has 7 nitrogen and oxygen atoms in total. The topological polar surface area (TPSA) is 97.4 Å². The van der Waals surface area contributed by atoms with Crippen LogP contribution in [0.15, 0.2) is 77.7 Å². The van der Waals surface area contributed by atoms with Crippen molar-refractivity contribution in [3.8, 4) is 0 Å². The number of nitrogens with one attached hydrogen (secondary N) is 1. The van der Waals surface area contributed by atoms with E-state index < -0.39 is 5.91 Å². The number of nitrogens with zero attached hydrogens (tertiary/aromatic N) is 2. The second-order valence-electron chi connectivity index (χ2n) is 8.43. The van der Waals surface area contributed by atoms with Gasteiger partial charge in [0.05, 0.1) is 12.5 Å². The van der Waals surface area contributed by atoms with E-state index in [-0.39, 0.29) is 22.9 Å². The molecule has 0 radical (unpaired) electrons. The molecule has 2 heterocycles. The number of amides is 2. The summed E-state index contributed by atoms with van der Waals surface area (Å²) in [6, 6.07) is 20.4. The third-order valence-electron chi connectivity index (χ3n) is 6.03. The van der Waals surface area contributed by atoms with Crippen LogP contribution in [0.3, 0.4) is 0 Å². The van der Waals surface area contributed by atoms with Gasteiger partial charge in [-0.2, -0.15) is 0 Å². The predicted octanol–water partition coefficient (Wildman–Crippen LogP) is 2.85. The van der Waals surface area contributed by atoms with Crippen molar-refractivity contribution < 1.29 is 9.59 Å². The average molecular weight is 445 g/mol. The van der Waals surface area contributed by atoms with Crippen molar-refractivity contribution >= 4 is 17.5 Å². The molecule has 1 saturated heterocycles. The molecule has 1 aliphatic heterocycles. The molecule has 0 saturated carbocycles. The maximum atomic E-state index is 13.0. The number of anilines is 1. The van der Waals surface area contributed by atoms with E-state index in [1.807, 2.05) is 54.6 Å². The number of hydrogen-bond acceptors (Lipinski definition) is 4. The molecule has 1 aliphatic rings. The minimum Gasteiger partial charge on any atom is -0.369 e. The fourth-order valence-electron chi connectivity index (χ4n) is 4.26. The molecule has 1 atom stereocenters. The van der Waals surface area contributed by atoms with Gasteiger partial charge in [0.15, 0.2) is 0 Å². The molecule has 3 aromatic rings. The van der Waals surface area contributed by atoms with Gasteiger partial charge in [-0.15, -0.1) is 0 Å². The maximum absolute atomic E-state index is 13.0. The van der Waals surface area contributed by atoms with E-state index in [1.54, 1.807) is 18.3 Å². The predicted molar refractivity (Wildman–Crippen MR) is 128 cm³/mol. The van der Waals surface area contributed by atoms with Crippen LogP contribution in [0.5, 0.6) is 0 Å². The fourth-order valence-corrected chi connectivity index (χ4v) is 4.26. The highest BCUT2D eigenvalue weighted by atomic mass is 16.2. The molecule has 0 spiro atoms. The van der Waals surface area contributed by atoms with Gasteiger partial charge in [0.1, 0.15) is 5.56 Å². The zero-order valence-electron chi connectivity index (χ0n) is 18.4. The number of carbonyl (C=O) groups excluding carboxylic acids is 2. The van der Waals surface area contributed by atoms with Gasteiger partial charge < -0.3 is 15.6 Å². The molecule has 7 heteroatoms. The quantitative estimate of drug-likeness (QED) is 0.586. The summed E-state index contributed by atoms with van der Waals surface area (Å²) in [4.78, 5) is 39.8. The average Bonchev–Trinajstić information content (AvgIpc) is 2.82. The van der Waals surface area contributed by atoms with E-state index in [2.05, 4.69) is 10.2 Å². The molecule has 0 bridgehead atoms. The van der Waals surface area contributed by atoms with Gasteiger partial charge in [0.2, 0.25) is 5.91 Å². The second kappa shape index (κ2) is 10.3. The zero-order chi connectivity index (χ0) is 23.2. The normalized spacial score (nSPS) is 16.3. The van der Waals surface area contributed by atoms with Crippen LogP contribution in [0.25, 0.3) is 0 Å². The lowest BCUT2D eigenvalue weighted by Gasteiger charge is -2.31. The van der Waals surface area contributed by atoms with E-state index in [9.17, 15) is 14.4 Å². The third kappa shape index (κ3) is 5.56. The summed E-state index contributed by atoms with van der Waals surface area (Å²) in [6.07, 6.45) is 3.41. The van der Waals surface area contributed by atoms with Crippen LogP contribution in [-0.2, 0) is 17.9 Å². The maximum Gasteiger partial charge on any atom is 0.263 e. The Morgan fingerprint density at radius 3 is 2.52 bits per heavy atom. The first-order chi connectivity index (χ1) is 16.0. The molecular formula is C26H28N4O3. The van der Waals surface area contributed by atoms with Crippen LogP contribution in [0.4, 0.5) is 5.69 Å². The summed E-state index contributed by atoms with van der Waals surface area (Å²) in [7, 11) is 0. The molecule has 3 N–H and O–H groups in total. The Hall–Kier alpha value is -3.71. The fraction of sp³-hybridized carbons (Fsp3) is 0.269. The minimum atomic E-state index is -0.441. The molecule has 2 amide bonds. The monoisotopic (exact) mass is 444 g/mol. The highest BCUT2D eigenvalue weighted by Gasteiger charge is 2.24.